The molecule has 0 spiro atoms. The lowest BCUT2D eigenvalue weighted by Crippen LogP contribution is -2.54. The van der Waals surface area contributed by atoms with E-state index in [2.05, 4.69) is 10.6 Å². The summed E-state index contributed by atoms with van der Waals surface area (Å²) < 4.78 is 43.5. The minimum Gasteiger partial charge on any atom is -0.508 e. The van der Waals surface area contributed by atoms with Gasteiger partial charge in [-0.05, 0) is 68.3 Å². The van der Waals surface area contributed by atoms with Gasteiger partial charge in [-0.15, -0.1) is 0 Å². The van der Waals surface area contributed by atoms with Crippen LogP contribution in [0.15, 0.2) is 65.6 Å². The van der Waals surface area contributed by atoms with Crippen molar-refractivity contribution in [2.75, 3.05) is 52.9 Å². The van der Waals surface area contributed by atoms with Crippen LogP contribution in [0.25, 0.3) is 0 Å². The molecule has 4 aliphatic heterocycles. The number of fused-ring (bicyclic) bond motifs is 2. The van der Waals surface area contributed by atoms with Gasteiger partial charge in [0, 0.05) is 12.8 Å². The number of rotatable bonds is 15. The van der Waals surface area contributed by atoms with Crippen LogP contribution in [0, 0.1) is 6.92 Å². The van der Waals surface area contributed by atoms with E-state index in [-0.39, 0.29) is 119 Å². The van der Waals surface area contributed by atoms with Crippen LogP contribution >= 0.6 is 0 Å². The van der Waals surface area contributed by atoms with Crippen molar-refractivity contribution >= 4 is 57.4 Å². The molecule has 4 aliphatic rings. The highest BCUT2D eigenvalue weighted by atomic mass is 32.2. The predicted octanol–water partition coefficient (Wildman–Crippen LogP) is 0.614. The highest BCUT2D eigenvalue weighted by Gasteiger charge is 2.46. The molecule has 21 nitrogen and oxygen atoms in total. The molecule has 3 aromatic carbocycles. The molecule has 3 aromatic rings. The number of benzene rings is 3. The monoisotopic (exact) mass is 912 g/mol. The van der Waals surface area contributed by atoms with Gasteiger partial charge in [0.2, 0.25) is 23.6 Å². The number of ether oxygens (including phenoxy) is 3. The van der Waals surface area contributed by atoms with Crippen LogP contribution < -0.4 is 15.4 Å². The Hall–Kier alpha value is -6.43. The molecule has 2 unspecified atom stereocenters. The second kappa shape index (κ2) is 22.8. The molecule has 0 saturated carbocycles. The molecular formula is C42H48N4O17S. The number of aliphatic hydroxyl groups excluding tert-OH is 2. The van der Waals surface area contributed by atoms with E-state index in [1.54, 1.807) is 18.2 Å². The Labute approximate surface area is 367 Å². The van der Waals surface area contributed by atoms with E-state index >= 15 is 0 Å². The first-order valence-electron chi connectivity index (χ1n) is 19.4. The highest BCUT2D eigenvalue weighted by Crippen LogP contribution is 2.31. The van der Waals surface area contributed by atoms with Crippen LogP contribution in [-0.4, -0.2) is 146 Å². The molecule has 0 bridgehead atoms. The van der Waals surface area contributed by atoms with Gasteiger partial charge in [-0.1, -0.05) is 25.1 Å². The zero-order valence-corrected chi connectivity index (χ0v) is 34.6. The molecule has 2 atom stereocenters. The number of carbonyl (C=O) groups is 8. The van der Waals surface area contributed by atoms with Crippen LogP contribution in [0.4, 0.5) is 0 Å². The van der Waals surface area contributed by atoms with Gasteiger partial charge in [-0.2, -0.15) is 8.42 Å². The van der Waals surface area contributed by atoms with Gasteiger partial charge in [-0.25, -0.2) is 0 Å². The van der Waals surface area contributed by atoms with E-state index in [0.717, 1.165) is 15.4 Å². The Bertz CT molecular complexity index is 2370. The molecular weight excluding hydrogens is 865 g/mol. The van der Waals surface area contributed by atoms with Gasteiger partial charge in [-0.3, -0.25) is 63.0 Å². The first kappa shape index (κ1) is 50.2. The number of phenols is 1. The number of aryl methyl sites for hydroxylation is 1. The number of aromatic hydroxyl groups is 1. The minimum absolute atomic E-state index is 0. The van der Waals surface area contributed by atoms with E-state index in [1.807, 2.05) is 6.92 Å². The summed E-state index contributed by atoms with van der Waals surface area (Å²) in [7, 11) is -3.71. The maximum absolute atomic E-state index is 12.6. The number of nitrogens with one attached hydrogen (secondary N) is 2. The minimum atomic E-state index is -3.71. The average molecular weight is 913 g/mol. The molecule has 22 heteroatoms. The van der Waals surface area contributed by atoms with E-state index in [9.17, 15) is 51.9 Å². The highest BCUT2D eigenvalue weighted by molar-refractivity contribution is 7.86. The second-order valence-corrected chi connectivity index (χ2v) is 15.6. The second-order valence-electron chi connectivity index (χ2n) is 13.9. The normalized spacial score (nSPS) is 17.9. The SMILES string of the molecule is C.Cc1ccc(S(=O)(=O)OCCOCCO)cc1.O=C1CCC(N2C(=O)c3ccc(O)cc3C2=O)C(=O)N1.O=C1CCC(N2C(=O)c3ccc(OCCOCCO)cc3C2=O)C(=O)N1. The van der Waals surface area contributed by atoms with Crippen LogP contribution in [0.1, 0.15) is 80.1 Å². The summed E-state index contributed by atoms with van der Waals surface area (Å²) in [6, 6.07) is 12.8. The number of amides is 8. The molecule has 0 radical (unpaired) electrons. The summed E-state index contributed by atoms with van der Waals surface area (Å²) in [5.74, 6) is -4.22. The van der Waals surface area contributed by atoms with Gasteiger partial charge >= 0.3 is 0 Å². The standard InChI is InChI=1S/C17H18N2O7.C13H10N2O5.C11H16O5S.CH4/c20-5-6-25-7-8-26-10-1-2-11-12(9-10)17(24)19(16(11)23)13-3-4-14(21)18-15(13)22;16-6-1-2-7-8(5-6)13(20)15(12(7)19)9-3-4-10(17)14-11(9)18;1-10-2-4-11(5-3-10)17(13,14)16-9-8-15-7-6-12;/h1-2,9,13,20H,3-8H2,(H,18,21,22);1-2,5,9,16H,3-4H2,(H,14,17,18);2-5,12H,6-9H2,1H3;1H4. The van der Waals surface area contributed by atoms with Crippen molar-refractivity contribution in [2.24, 2.45) is 0 Å². The van der Waals surface area contributed by atoms with Crippen molar-refractivity contribution in [2.45, 2.75) is 57.0 Å². The van der Waals surface area contributed by atoms with Crippen molar-refractivity contribution < 1.29 is 80.5 Å². The molecule has 5 N–H and O–H groups in total. The van der Waals surface area contributed by atoms with E-state index in [0.29, 0.717) is 5.75 Å². The molecule has 2 fully saturated rings. The summed E-state index contributed by atoms with van der Waals surface area (Å²) in [6.07, 6.45) is 0.380. The predicted molar refractivity (Wildman–Crippen MR) is 220 cm³/mol. The largest absolute Gasteiger partial charge is 0.508 e. The zero-order chi connectivity index (χ0) is 45.8. The number of aliphatic hydroxyl groups is 2. The van der Waals surface area contributed by atoms with E-state index in [4.69, 9.17) is 28.6 Å². The van der Waals surface area contributed by atoms with Gasteiger partial charge in [0.1, 0.15) is 30.2 Å². The smallest absolute Gasteiger partial charge is 0.297 e. The molecule has 4 heterocycles. The molecule has 8 amide bonds. The maximum atomic E-state index is 12.6. The Morgan fingerprint density at radius 1 is 0.609 bits per heavy atom. The molecule has 7 rings (SSSR count). The maximum Gasteiger partial charge on any atom is 0.297 e. The Balaban J connectivity index is 0.000000214. The number of piperidine rings is 2. The fourth-order valence-electron chi connectivity index (χ4n) is 6.53. The van der Waals surface area contributed by atoms with Crippen LogP contribution in [0.5, 0.6) is 11.5 Å². The topological polar surface area (TPSA) is 299 Å². The van der Waals surface area contributed by atoms with Crippen LogP contribution in [0.2, 0.25) is 0 Å². The average Bonchev–Trinajstić information content (AvgIpc) is 3.64. The lowest BCUT2D eigenvalue weighted by Gasteiger charge is -2.27. The van der Waals surface area contributed by atoms with Crippen LogP contribution in [-0.2, 0) is 43.0 Å². The van der Waals surface area contributed by atoms with Crippen molar-refractivity contribution in [3.8, 4) is 11.5 Å². The fraction of sp³-hybridized carbons (Fsp3) is 0.381. The third-order valence-electron chi connectivity index (χ3n) is 9.58. The number of phenolic OH excluding ortho intramolecular Hbond substituents is 1. The summed E-state index contributed by atoms with van der Waals surface area (Å²) in [5, 5.41) is 30.7. The number of hydrogen-bond acceptors (Lipinski definition) is 17. The third kappa shape index (κ3) is 12.2. The number of imide groups is 4. The van der Waals surface area contributed by atoms with Gasteiger partial charge in [0.25, 0.3) is 33.7 Å². The number of carbonyl (C=O) groups excluding carboxylic acids is 8. The Morgan fingerprint density at radius 3 is 1.58 bits per heavy atom. The van der Waals surface area contributed by atoms with Crippen molar-refractivity contribution in [3.05, 3.63) is 88.5 Å². The third-order valence-corrected chi connectivity index (χ3v) is 10.9. The van der Waals surface area contributed by atoms with Gasteiger partial charge in [0.05, 0.1) is 73.4 Å². The molecule has 0 aliphatic carbocycles. The van der Waals surface area contributed by atoms with Crippen molar-refractivity contribution in [1.82, 2.24) is 20.4 Å². The Kier molecular flexibility index (Phi) is 17.9. The molecule has 64 heavy (non-hydrogen) atoms. The van der Waals surface area contributed by atoms with Gasteiger partial charge < -0.3 is 29.5 Å². The first-order chi connectivity index (χ1) is 30.1. The number of hydrogen-bond donors (Lipinski definition) is 5. The first-order valence-corrected chi connectivity index (χ1v) is 20.8. The molecule has 2 saturated heterocycles. The van der Waals surface area contributed by atoms with Crippen molar-refractivity contribution in [1.29, 1.82) is 0 Å². The zero-order valence-electron chi connectivity index (χ0n) is 33.8. The summed E-state index contributed by atoms with van der Waals surface area (Å²) >= 11 is 0. The summed E-state index contributed by atoms with van der Waals surface area (Å²) in [6.45, 7) is 2.65. The number of nitrogens with zero attached hydrogens (tertiary/aromatic N) is 2. The summed E-state index contributed by atoms with van der Waals surface area (Å²) in [5.41, 5.74) is 1.56. The van der Waals surface area contributed by atoms with Crippen molar-refractivity contribution in [3.63, 3.8) is 0 Å². The lowest BCUT2D eigenvalue weighted by molar-refractivity contribution is -0.137. The van der Waals surface area contributed by atoms with E-state index < -0.39 is 69.5 Å². The van der Waals surface area contributed by atoms with Crippen LogP contribution in [0.3, 0.4) is 0 Å². The van der Waals surface area contributed by atoms with Gasteiger partial charge in [0.15, 0.2) is 0 Å². The quantitative estimate of drug-likeness (QED) is 0.0793. The van der Waals surface area contributed by atoms with E-state index in [1.165, 1.54) is 42.5 Å². The lowest BCUT2D eigenvalue weighted by atomic mass is 10.0. The fourth-order valence-corrected chi connectivity index (χ4v) is 7.42. The summed E-state index contributed by atoms with van der Waals surface area (Å²) in [4.78, 5) is 97.6. The molecule has 344 valence electrons. The molecule has 0 aromatic heterocycles. The Morgan fingerprint density at radius 2 is 1.08 bits per heavy atom.